The Labute approximate surface area is 699 Å². The highest BCUT2D eigenvalue weighted by atomic mass is 16.3. The first-order valence-corrected chi connectivity index (χ1v) is 39.1. The number of furan rings is 2. The highest BCUT2D eigenvalue weighted by Crippen LogP contribution is 2.58. The highest BCUT2D eigenvalue weighted by Gasteiger charge is 2.46. The van der Waals surface area contributed by atoms with Crippen LogP contribution in [0.15, 0.2) is 445 Å². The zero-order valence-corrected chi connectivity index (χ0v) is 62.6. The molecule has 0 bridgehead atoms. The van der Waals surface area contributed by atoms with E-state index in [1.807, 2.05) is 206 Å². The van der Waals surface area contributed by atoms with E-state index in [4.69, 9.17) is 19.8 Å². The van der Waals surface area contributed by atoms with E-state index in [2.05, 4.69) is 133 Å². The molecule has 0 unspecified atom stereocenters. The number of hydrogen-bond acceptors (Lipinski definition) is 2. The third-order valence-electron chi connectivity index (χ3n) is 23.6. The van der Waals surface area contributed by atoms with E-state index in [9.17, 15) is 11.0 Å². The van der Waals surface area contributed by atoms with Gasteiger partial charge in [-0.2, -0.15) is 0 Å². The maximum absolute atomic E-state index is 9.71. The summed E-state index contributed by atoms with van der Waals surface area (Å²) in [5.41, 5.74) is 19.2. The molecule has 0 aliphatic heterocycles. The average Bonchev–Trinajstić information content (AvgIpc) is 1.63. The van der Waals surface area contributed by atoms with Crippen molar-refractivity contribution in [1.29, 1.82) is 0 Å². The quantitative estimate of drug-likeness (QED) is 0.128. The Morgan fingerprint density at radius 3 is 0.983 bits per heavy atom. The van der Waals surface area contributed by atoms with Gasteiger partial charge in [0, 0.05) is 32.7 Å². The van der Waals surface area contributed by atoms with E-state index in [-0.39, 0.29) is 103 Å². The Balaban J connectivity index is 0.000000151. The smallest absolute Gasteiger partial charge is 0.143 e. The minimum Gasteiger partial charge on any atom is -0.455 e. The van der Waals surface area contributed by atoms with Crippen LogP contribution in [-0.4, -0.2) is 0 Å². The van der Waals surface area contributed by atoms with Crippen molar-refractivity contribution < 1.29 is 30.8 Å². The Morgan fingerprint density at radius 2 is 0.530 bits per heavy atom. The fraction of sp³-hybridized carbons (Fsp3) is 0.00870. The fourth-order valence-corrected chi connectivity index (χ4v) is 18.6. The van der Waals surface area contributed by atoms with Crippen LogP contribution in [0.1, 0.15) is 44.2 Å². The van der Waals surface area contributed by atoms with Crippen molar-refractivity contribution in [3.8, 4) is 100 Å². The minimum atomic E-state index is -0.658. The predicted octanol–water partition coefficient (Wildman–Crippen LogP) is 31.8. The maximum Gasteiger partial charge on any atom is 0.143 e. The molecule has 0 spiro atoms. The molecule has 0 saturated heterocycles. The molecule has 1 aliphatic carbocycles. The Hall–Kier alpha value is -15.2. The molecule has 0 N–H and O–H groups in total. The molecule has 0 saturated carbocycles. The van der Waals surface area contributed by atoms with Crippen molar-refractivity contribution in [2.45, 2.75) is 5.41 Å². The summed E-state index contributed by atoms with van der Waals surface area (Å²) >= 11 is 0. The monoisotopic (exact) mass is 1500 g/mol. The maximum atomic E-state index is 9.71. The molecular weight excluding hydrogens is 1410 g/mol. The Morgan fingerprint density at radius 1 is 0.197 bits per heavy atom. The molecule has 117 heavy (non-hydrogen) atoms. The van der Waals surface area contributed by atoms with Gasteiger partial charge in [-0.3, -0.25) is 0 Å². The van der Waals surface area contributed by atoms with Crippen LogP contribution >= 0.6 is 0 Å². The number of hydrogen-bond donors (Lipinski definition) is 0. The number of rotatable bonds is 10. The molecule has 544 valence electrons. The van der Waals surface area contributed by atoms with Crippen LogP contribution in [0.5, 0.6) is 0 Å². The summed E-state index contributed by atoms with van der Waals surface area (Å²) < 4.78 is 163. The van der Waals surface area contributed by atoms with Crippen LogP contribution in [0.4, 0.5) is 0 Å². The summed E-state index contributed by atoms with van der Waals surface area (Å²) in [5.74, 6) is 0. The summed E-state index contributed by atoms with van der Waals surface area (Å²) in [5, 5.41) is 7.68. The van der Waals surface area contributed by atoms with Gasteiger partial charge < -0.3 is 8.83 Å². The summed E-state index contributed by atoms with van der Waals surface area (Å²) in [6.07, 6.45) is 0. The van der Waals surface area contributed by atoms with Gasteiger partial charge in [0.05, 0.1) is 27.3 Å². The van der Waals surface area contributed by atoms with Crippen LogP contribution < -0.4 is 0 Å². The normalized spacial score (nSPS) is 14.3. The molecular formula is C115H72O2. The largest absolute Gasteiger partial charge is 0.455 e. The van der Waals surface area contributed by atoms with Crippen LogP contribution in [0.25, 0.3) is 209 Å². The second-order valence-corrected chi connectivity index (χ2v) is 29.9. The van der Waals surface area contributed by atoms with Gasteiger partial charge >= 0.3 is 0 Å². The molecule has 2 aromatic heterocycles. The van der Waals surface area contributed by atoms with Crippen LogP contribution in [-0.2, 0) is 5.41 Å². The van der Waals surface area contributed by atoms with Crippen molar-refractivity contribution in [3.63, 3.8) is 0 Å². The van der Waals surface area contributed by atoms with E-state index < -0.39 is 53.8 Å². The lowest BCUT2D eigenvalue weighted by Crippen LogP contribution is -2.28. The van der Waals surface area contributed by atoms with Crippen LogP contribution in [0.2, 0.25) is 0 Å². The predicted molar refractivity (Wildman–Crippen MR) is 493 cm³/mol. The fourth-order valence-electron chi connectivity index (χ4n) is 18.6. The summed E-state index contributed by atoms with van der Waals surface area (Å²) in [4.78, 5) is 0. The van der Waals surface area contributed by atoms with Crippen molar-refractivity contribution in [2.24, 2.45) is 0 Å². The summed E-state index contributed by atoms with van der Waals surface area (Å²) in [6, 6.07) is 107. The molecule has 0 atom stereocenters. The minimum absolute atomic E-state index is 0.150. The third-order valence-corrected chi connectivity index (χ3v) is 23.6. The van der Waals surface area contributed by atoms with E-state index in [0.717, 1.165) is 105 Å². The lowest BCUT2D eigenvalue weighted by molar-refractivity contribution is 0.669. The van der Waals surface area contributed by atoms with E-state index in [1.165, 1.54) is 5.56 Å². The first-order chi connectivity index (χ1) is 64.7. The van der Waals surface area contributed by atoms with E-state index >= 15 is 0 Å². The number of fused-ring (bicyclic) bond motifs is 15. The lowest BCUT2D eigenvalue weighted by Gasteiger charge is -2.34. The van der Waals surface area contributed by atoms with Gasteiger partial charge in [-0.1, -0.05) is 376 Å². The SMILES string of the molecule is [2H]c1c([2H])c([2H])c2c(-c3ccc(-c4cc(-c5ccccc5)cc(-c5ccccc5)c4)c4oc5ccccc5c34)c3c([2H])c([2H])c([2H])c([2H])c3c(-c3ccc4ccccc4c3)c2c1[2H].[2H]c1c([2H])c([2H])c2c(-c3ccc(-c4ccc5c(c4)C(c4ccccc4)(c4ccccc4)c4ccccc4-5)c4oc5ccccc5c34)c3c([2H])c([2H])c([2H])c([2H])c3c(-c3ccc4ccccc4c3)c2c1[2H]. The second kappa shape index (κ2) is 27.6. The Kier molecular flexibility index (Phi) is 12.5. The molecule has 2 heterocycles. The third kappa shape index (κ3) is 10.9. The van der Waals surface area contributed by atoms with Gasteiger partial charge in [0.25, 0.3) is 0 Å². The molecule has 0 fully saturated rings. The first-order valence-electron chi connectivity index (χ1n) is 47.1. The molecule has 2 nitrogen and oxygen atoms in total. The van der Waals surface area contributed by atoms with Gasteiger partial charge in [-0.05, 0) is 237 Å². The molecule has 1 aliphatic rings. The second-order valence-electron chi connectivity index (χ2n) is 29.9. The van der Waals surface area contributed by atoms with Crippen molar-refractivity contribution in [2.75, 3.05) is 0 Å². The molecule has 2 heteroatoms. The van der Waals surface area contributed by atoms with Gasteiger partial charge in [-0.25, -0.2) is 0 Å². The summed E-state index contributed by atoms with van der Waals surface area (Å²) in [7, 11) is 0. The lowest BCUT2D eigenvalue weighted by atomic mass is 9.67. The molecule has 0 radical (unpaired) electrons. The zero-order valence-electron chi connectivity index (χ0n) is 78.6. The number of para-hydroxylation sites is 2. The van der Waals surface area contributed by atoms with E-state index in [0.29, 0.717) is 66.5 Å². The molecule has 21 aromatic carbocycles. The Bertz CT molecular complexity index is 8700. The van der Waals surface area contributed by atoms with Crippen molar-refractivity contribution in [1.82, 2.24) is 0 Å². The van der Waals surface area contributed by atoms with Gasteiger partial charge in [0.2, 0.25) is 0 Å². The first kappa shape index (κ1) is 52.9. The average molecular weight is 1500 g/mol. The van der Waals surface area contributed by atoms with Crippen molar-refractivity contribution in [3.05, 3.63) is 459 Å². The molecule has 23 aromatic rings. The van der Waals surface area contributed by atoms with Crippen LogP contribution in [0, 0.1) is 0 Å². The topological polar surface area (TPSA) is 26.3 Å². The zero-order chi connectivity index (χ0) is 91.0. The summed E-state index contributed by atoms with van der Waals surface area (Å²) in [6.45, 7) is 0. The van der Waals surface area contributed by atoms with Crippen molar-refractivity contribution >= 4 is 109 Å². The standard InChI is InChI=1S/C61H38O.C54H34O/c1-3-19-43(20-4-1)61(44-21-5-2-6-22-44)54-29-15-13-23-46(54)47-34-33-41(38-55(47)61)45-35-36-53(59-52-28-14-16-30-56(52)62-60(45)59)58-50-26-11-9-24-48(50)57(49-25-10-12-27-51(49)58)42-32-31-39-17-7-8-18-40(39)37-42;1-3-15-35(16-4-1)40-32-41(36-17-5-2-6-18-36)34-42(33-40)43-29-30-49(53-48-25-13-14-26-50(48)55-54(43)53)52-46-23-11-9-21-44(46)51(45-22-10-12-24-47(45)52)39-28-27-37-19-7-8-20-38(37)31-39/h1-38H;1-34H/i9D,10D,11D,12D,24D,25D,26D,27D;9D,10D,11D,12D,21D,22D,23D,24D. The van der Waals surface area contributed by atoms with Gasteiger partial charge in [-0.15, -0.1) is 0 Å². The molecule has 0 amide bonds. The van der Waals surface area contributed by atoms with Gasteiger partial charge in [0.15, 0.2) is 0 Å². The van der Waals surface area contributed by atoms with E-state index in [1.54, 1.807) is 0 Å². The molecule has 24 rings (SSSR count). The van der Waals surface area contributed by atoms with Gasteiger partial charge in [0.1, 0.15) is 22.3 Å². The number of benzene rings is 21. The highest BCUT2D eigenvalue weighted by molar-refractivity contribution is 6.29. The van der Waals surface area contributed by atoms with Crippen LogP contribution in [0.3, 0.4) is 0 Å².